The van der Waals surface area contributed by atoms with Crippen molar-refractivity contribution in [1.82, 2.24) is 5.32 Å². The Morgan fingerprint density at radius 1 is 1.22 bits per heavy atom. The van der Waals surface area contributed by atoms with Gasteiger partial charge >= 0.3 is 10.1 Å². The quantitative estimate of drug-likeness (QED) is 0.248. The molecule has 0 aromatic heterocycles. The number of halogens is 2. The number of thioether (sulfide) groups is 1. The van der Waals surface area contributed by atoms with E-state index in [0.29, 0.717) is 19.7 Å². The number of hydrogen-bond acceptors (Lipinski definition) is 7. The lowest BCUT2D eigenvalue weighted by molar-refractivity contribution is -0.118. The number of hydrogen-bond donors (Lipinski definition) is 1. The SMILES string of the molecule is CCCC[C@@H]1S/C(=N\N=C/c2cc(C)ccc2OS(=O)(=O)c2cc(Br)ccc2Br)NC1=O. The molecule has 1 heterocycles. The van der Waals surface area contributed by atoms with Crippen LogP contribution < -0.4 is 9.50 Å². The molecule has 2 aromatic rings. The first-order chi connectivity index (χ1) is 15.2. The van der Waals surface area contributed by atoms with E-state index in [1.165, 1.54) is 24.0 Å². The van der Waals surface area contributed by atoms with Gasteiger partial charge in [0.15, 0.2) is 10.9 Å². The van der Waals surface area contributed by atoms with Gasteiger partial charge in [-0.2, -0.15) is 13.5 Å². The third-order valence-electron chi connectivity index (χ3n) is 4.47. The van der Waals surface area contributed by atoms with Gasteiger partial charge in [0.2, 0.25) is 5.91 Å². The molecule has 1 fully saturated rings. The minimum Gasteiger partial charge on any atom is -0.378 e. The van der Waals surface area contributed by atoms with Crippen LogP contribution in [0.1, 0.15) is 37.3 Å². The number of amides is 1. The number of nitrogens with one attached hydrogen (secondary N) is 1. The van der Waals surface area contributed by atoms with Crippen molar-refractivity contribution in [2.24, 2.45) is 10.2 Å². The van der Waals surface area contributed by atoms with E-state index >= 15 is 0 Å². The summed E-state index contributed by atoms with van der Waals surface area (Å²) >= 11 is 7.88. The van der Waals surface area contributed by atoms with Gasteiger partial charge in [-0.15, -0.1) is 5.10 Å². The number of benzene rings is 2. The van der Waals surface area contributed by atoms with E-state index in [2.05, 4.69) is 54.3 Å². The lowest BCUT2D eigenvalue weighted by atomic mass is 10.1. The molecule has 11 heteroatoms. The summed E-state index contributed by atoms with van der Waals surface area (Å²) in [6.07, 6.45) is 4.18. The number of carbonyl (C=O) groups excluding carboxylic acids is 1. The first kappa shape index (κ1) is 24.9. The fourth-order valence-electron chi connectivity index (χ4n) is 2.85. The highest BCUT2D eigenvalue weighted by Crippen LogP contribution is 2.30. The van der Waals surface area contributed by atoms with Gasteiger partial charge in [-0.05, 0) is 59.6 Å². The molecule has 0 aliphatic carbocycles. The summed E-state index contributed by atoms with van der Waals surface area (Å²) in [5.74, 6) is 0.0537. The molecular weight excluding hydrogens is 582 g/mol. The molecule has 7 nitrogen and oxygen atoms in total. The minimum absolute atomic E-state index is 0.00114. The minimum atomic E-state index is -4.10. The molecule has 1 saturated heterocycles. The Morgan fingerprint density at radius 2 is 2.00 bits per heavy atom. The number of rotatable bonds is 8. The number of carbonyl (C=O) groups is 1. The predicted octanol–water partition coefficient (Wildman–Crippen LogP) is 5.40. The molecular formula is C21H21Br2N3O4S2. The van der Waals surface area contributed by atoms with Crippen molar-refractivity contribution in [3.05, 3.63) is 56.5 Å². The Kier molecular flexibility index (Phi) is 8.54. The molecule has 0 bridgehead atoms. The fourth-order valence-corrected chi connectivity index (χ4v) is 6.24. The van der Waals surface area contributed by atoms with E-state index in [1.54, 1.807) is 30.3 Å². The summed E-state index contributed by atoms with van der Waals surface area (Å²) in [7, 11) is -4.10. The van der Waals surface area contributed by atoms with Crippen LogP contribution in [0.3, 0.4) is 0 Å². The average molecular weight is 603 g/mol. The van der Waals surface area contributed by atoms with E-state index < -0.39 is 10.1 Å². The van der Waals surface area contributed by atoms with Crippen LogP contribution in [0.5, 0.6) is 5.75 Å². The average Bonchev–Trinajstić information content (AvgIpc) is 3.09. The second kappa shape index (κ2) is 11.0. The number of amidine groups is 1. The van der Waals surface area contributed by atoms with Crippen LogP contribution in [0.2, 0.25) is 0 Å². The first-order valence-corrected chi connectivity index (χ1v) is 13.7. The zero-order valence-corrected chi connectivity index (χ0v) is 22.1. The van der Waals surface area contributed by atoms with Gasteiger partial charge in [-0.3, -0.25) is 4.79 Å². The summed E-state index contributed by atoms with van der Waals surface area (Å²) in [6, 6.07) is 9.86. The molecule has 0 spiro atoms. The second-order valence-electron chi connectivity index (χ2n) is 7.04. The molecule has 0 radical (unpaired) electrons. The van der Waals surface area contributed by atoms with Crippen LogP contribution in [0.4, 0.5) is 0 Å². The molecule has 32 heavy (non-hydrogen) atoms. The summed E-state index contributed by atoms with van der Waals surface area (Å²) in [5.41, 5.74) is 1.34. The van der Waals surface area contributed by atoms with Gasteiger partial charge in [0.1, 0.15) is 4.90 Å². The van der Waals surface area contributed by atoms with Crippen LogP contribution in [0.15, 0.2) is 60.4 Å². The molecule has 3 rings (SSSR count). The van der Waals surface area contributed by atoms with Gasteiger partial charge in [0.25, 0.3) is 0 Å². The molecule has 1 aliphatic rings. The van der Waals surface area contributed by atoms with E-state index in [-0.39, 0.29) is 21.8 Å². The standard InChI is InChI=1S/C21H21Br2N3O4S2/c1-3-4-5-18-20(27)25-21(31-18)26-24-12-14-10-13(2)6-9-17(14)30-32(28,29)19-11-15(22)7-8-16(19)23/h6-12,18H,3-5H2,1-2H3,(H,25,26,27)/b24-12-/t18-/m0/s1. The molecule has 1 N–H and O–H groups in total. The monoisotopic (exact) mass is 601 g/mol. The maximum Gasteiger partial charge on any atom is 0.340 e. The molecule has 2 aromatic carbocycles. The van der Waals surface area contributed by atoms with Gasteiger partial charge in [0, 0.05) is 14.5 Å². The van der Waals surface area contributed by atoms with E-state index in [9.17, 15) is 13.2 Å². The van der Waals surface area contributed by atoms with Gasteiger partial charge in [-0.1, -0.05) is 59.1 Å². The van der Waals surface area contributed by atoms with Crippen LogP contribution in [-0.4, -0.2) is 31.0 Å². The summed E-state index contributed by atoms with van der Waals surface area (Å²) < 4.78 is 32.1. The highest BCUT2D eigenvalue weighted by atomic mass is 79.9. The third kappa shape index (κ3) is 6.43. The van der Waals surface area contributed by atoms with Crippen molar-refractivity contribution in [2.75, 3.05) is 0 Å². The molecule has 0 unspecified atom stereocenters. The van der Waals surface area contributed by atoms with Crippen LogP contribution in [0.25, 0.3) is 0 Å². The summed E-state index contributed by atoms with van der Waals surface area (Å²) in [6.45, 7) is 3.95. The number of unbranched alkanes of at least 4 members (excludes halogenated alkanes) is 1. The Labute approximate surface area is 208 Å². The predicted molar refractivity (Wildman–Crippen MR) is 135 cm³/mol. The number of nitrogens with zero attached hydrogens (tertiary/aromatic N) is 2. The van der Waals surface area contributed by atoms with Gasteiger partial charge in [-0.25, -0.2) is 0 Å². The largest absolute Gasteiger partial charge is 0.378 e. The zero-order chi connectivity index (χ0) is 23.3. The maximum atomic E-state index is 12.9. The van der Waals surface area contributed by atoms with Crippen molar-refractivity contribution >= 4 is 71.0 Å². The molecule has 1 atom stereocenters. The fraction of sp³-hybridized carbons (Fsp3) is 0.286. The van der Waals surface area contributed by atoms with Gasteiger partial charge in [0.05, 0.1) is 11.5 Å². The lowest BCUT2D eigenvalue weighted by Gasteiger charge is -2.11. The van der Waals surface area contributed by atoms with Crippen LogP contribution in [0, 0.1) is 6.92 Å². The first-order valence-electron chi connectivity index (χ1n) is 9.78. The summed E-state index contributed by atoms with van der Waals surface area (Å²) in [5, 5.41) is 11.1. The highest BCUT2D eigenvalue weighted by molar-refractivity contribution is 9.11. The molecule has 0 saturated carbocycles. The Balaban J connectivity index is 1.81. The topological polar surface area (TPSA) is 97.2 Å². The number of aryl methyl sites for hydroxylation is 1. The van der Waals surface area contributed by atoms with E-state index in [0.717, 1.165) is 24.8 Å². The van der Waals surface area contributed by atoms with Crippen molar-refractivity contribution < 1.29 is 17.4 Å². The Hall–Kier alpha value is -1.69. The maximum absolute atomic E-state index is 12.9. The normalized spacial score (nSPS) is 17.8. The highest BCUT2D eigenvalue weighted by Gasteiger charge is 2.29. The molecule has 1 aliphatic heterocycles. The van der Waals surface area contributed by atoms with Gasteiger partial charge < -0.3 is 9.50 Å². The van der Waals surface area contributed by atoms with Crippen LogP contribution in [-0.2, 0) is 14.9 Å². The van der Waals surface area contributed by atoms with Crippen molar-refractivity contribution in [2.45, 2.75) is 43.3 Å². The molecule has 170 valence electrons. The van der Waals surface area contributed by atoms with E-state index in [4.69, 9.17) is 4.18 Å². The third-order valence-corrected chi connectivity index (χ3v) is 8.33. The Morgan fingerprint density at radius 3 is 2.75 bits per heavy atom. The molecule has 1 amide bonds. The van der Waals surface area contributed by atoms with Crippen molar-refractivity contribution in [3.8, 4) is 5.75 Å². The smallest absolute Gasteiger partial charge is 0.340 e. The Bertz CT molecular complexity index is 1180. The zero-order valence-electron chi connectivity index (χ0n) is 17.3. The van der Waals surface area contributed by atoms with Crippen molar-refractivity contribution in [1.29, 1.82) is 0 Å². The lowest BCUT2D eigenvalue weighted by Crippen LogP contribution is -2.24. The van der Waals surface area contributed by atoms with Crippen molar-refractivity contribution in [3.63, 3.8) is 0 Å². The summed E-state index contributed by atoms with van der Waals surface area (Å²) in [4.78, 5) is 12.0. The van der Waals surface area contributed by atoms with Crippen LogP contribution >= 0.6 is 43.6 Å². The van der Waals surface area contributed by atoms with E-state index in [1.807, 2.05) is 6.92 Å². The second-order valence-corrected chi connectivity index (χ2v) is 11.5.